The molecule has 0 bridgehead atoms. The highest BCUT2D eigenvalue weighted by molar-refractivity contribution is 7.89. The first-order chi connectivity index (χ1) is 9.94. The van der Waals surface area contributed by atoms with Gasteiger partial charge < -0.3 is 9.47 Å². The molecule has 116 valence electrons. The van der Waals surface area contributed by atoms with Gasteiger partial charge in [0, 0.05) is 12.9 Å². The number of ether oxygens (including phenoxy) is 2. The molecule has 1 saturated heterocycles. The summed E-state index contributed by atoms with van der Waals surface area (Å²) in [4.78, 5) is 12.0. The second-order valence-corrected chi connectivity index (χ2v) is 7.50. The van der Waals surface area contributed by atoms with Crippen molar-refractivity contribution in [1.82, 2.24) is 0 Å². The van der Waals surface area contributed by atoms with Gasteiger partial charge in [0.2, 0.25) is 0 Å². The van der Waals surface area contributed by atoms with Gasteiger partial charge in [-0.1, -0.05) is 12.1 Å². The summed E-state index contributed by atoms with van der Waals surface area (Å²) in [6.45, 7) is 0.960. The quantitative estimate of drug-likeness (QED) is 0.777. The third kappa shape index (κ3) is 5.47. The Morgan fingerprint density at radius 1 is 1.38 bits per heavy atom. The lowest BCUT2D eigenvalue weighted by Crippen LogP contribution is -2.26. The molecule has 1 aromatic rings. The highest BCUT2D eigenvalue weighted by Crippen LogP contribution is 2.14. The predicted molar refractivity (Wildman–Crippen MR) is 78.9 cm³/mol. The number of carbonyl (C=O) groups excluding carboxylic acids is 1. The Hall–Kier alpha value is -1.40. The minimum Gasteiger partial charge on any atom is -0.459 e. The molecular formula is C15H20O5S. The topological polar surface area (TPSA) is 69.7 Å². The molecule has 0 radical (unpaired) electrons. The minimum atomic E-state index is -3.12. The Bertz CT molecular complexity index is 588. The van der Waals surface area contributed by atoms with E-state index >= 15 is 0 Å². The zero-order valence-electron chi connectivity index (χ0n) is 12.1. The van der Waals surface area contributed by atoms with E-state index in [1.165, 1.54) is 6.26 Å². The molecule has 0 aliphatic carbocycles. The van der Waals surface area contributed by atoms with Crippen LogP contribution in [0, 0.1) is 0 Å². The van der Waals surface area contributed by atoms with Gasteiger partial charge >= 0.3 is 5.97 Å². The SMILES string of the molecule is CS(=O)(=O)Cc1cccc(C(=O)OC[C@H]2CCCCO2)c1. The molecule has 5 nitrogen and oxygen atoms in total. The van der Waals surface area contributed by atoms with Crippen LogP contribution in [0.1, 0.15) is 35.2 Å². The number of rotatable bonds is 5. The number of hydrogen-bond donors (Lipinski definition) is 0. The van der Waals surface area contributed by atoms with E-state index in [1.54, 1.807) is 24.3 Å². The van der Waals surface area contributed by atoms with Crippen LogP contribution in [0.2, 0.25) is 0 Å². The van der Waals surface area contributed by atoms with Gasteiger partial charge in [0.25, 0.3) is 0 Å². The van der Waals surface area contributed by atoms with Crippen LogP contribution >= 0.6 is 0 Å². The summed E-state index contributed by atoms with van der Waals surface area (Å²) in [7, 11) is -3.12. The fourth-order valence-corrected chi connectivity index (χ4v) is 3.07. The van der Waals surface area contributed by atoms with E-state index in [-0.39, 0.29) is 18.5 Å². The van der Waals surface area contributed by atoms with Gasteiger partial charge in [0.1, 0.15) is 6.61 Å². The van der Waals surface area contributed by atoms with Crippen LogP contribution in [-0.2, 0) is 25.1 Å². The summed E-state index contributed by atoms with van der Waals surface area (Å²) in [5.74, 6) is -0.528. The number of benzene rings is 1. The van der Waals surface area contributed by atoms with Crippen LogP contribution in [0.3, 0.4) is 0 Å². The smallest absolute Gasteiger partial charge is 0.338 e. The van der Waals surface area contributed by atoms with Gasteiger partial charge in [-0.05, 0) is 37.0 Å². The molecule has 1 atom stereocenters. The van der Waals surface area contributed by atoms with Gasteiger partial charge in [0.15, 0.2) is 9.84 Å². The monoisotopic (exact) mass is 312 g/mol. The lowest BCUT2D eigenvalue weighted by atomic mass is 10.1. The number of carbonyl (C=O) groups is 1. The largest absolute Gasteiger partial charge is 0.459 e. The van der Waals surface area contributed by atoms with E-state index in [0.717, 1.165) is 19.3 Å². The standard InChI is InChI=1S/C15H20O5S/c1-21(17,18)11-12-5-4-6-13(9-12)15(16)20-10-14-7-2-3-8-19-14/h4-6,9,14H,2-3,7-8,10-11H2,1H3/t14-/m1/s1. The molecule has 0 saturated carbocycles. The van der Waals surface area contributed by atoms with E-state index in [2.05, 4.69) is 0 Å². The van der Waals surface area contributed by atoms with Crippen LogP contribution in [0.4, 0.5) is 0 Å². The average molecular weight is 312 g/mol. The summed E-state index contributed by atoms with van der Waals surface area (Å²) in [6.07, 6.45) is 4.19. The van der Waals surface area contributed by atoms with E-state index < -0.39 is 15.8 Å². The fourth-order valence-electron chi connectivity index (χ4n) is 2.28. The summed E-state index contributed by atoms with van der Waals surface area (Å²) in [6, 6.07) is 6.53. The zero-order chi connectivity index (χ0) is 15.3. The Morgan fingerprint density at radius 3 is 2.86 bits per heavy atom. The van der Waals surface area contributed by atoms with Crippen molar-refractivity contribution in [1.29, 1.82) is 0 Å². The molecule has 6 heteroatoms. The first-order valence-corrected chi connectivity index (χ1v) is 9.05. The van der Waals surface area contributed by atoms with Gasteiger partial charge in [-0.2, -0.15) is 0 Å². The number of sulfone groups is 1. The molecule has 2 rings (SSSR count). The first kappa shape index (κ1) is 16.0. The second kappa shape index (κ2) is 7.04. The van der Waals surface area contributed by atoms with Crippen molar-refractivity contribution in [2.75, 3.05) is 19.5 Å². The van der Waals surface area contributed by atoms with Crippen LogP contribution in [-0.4, -0.2) is 40.0 Å². The van der Waals surface area contributed by atoms with Crippen LogP contribution in [0.25, 0.3) is 0 Å². The van der Waals surface area contributed by atoms with Gasteiger partial charge in [0.05, 0.1) is 17.4 Å². The van der Waals surface area contributed by atoms with Crippen LogP contribution < -0.4 is 0 Å². The molecule has 21 heavy (non-hydrogen) atoms. The van der Waals surface area contributed by atoms with E-state index in [9.17, 15) is 13.2 Å². The van der Waals surface area contributed by atoms with E-state index in [1.807, 2.05) is 0 Å². The van der Waals surface area contributed by atoms with Crippen molar-refractivity contribution in [3.8, 4) is 0 Å². The molecule has 1 heterocycles. The highest BCUT2D eigenvalue weighted by Gasteiger charge is 2.17. The van der Waals surface area contributed by atoms with Crippen molar-refractivity contribution < 1.29 is 22.7 Å². The number of esters is 1. The molecule has 1 aromatic carbocycles. The van der Waals surface area contributed by atoms with Crippen molar-refractivity contribution in [2.24, 2.45) is 0 Å². The van der Waals surface area contributed by atoms with Gasteiger partial charge in [-0.15, -0.1) is 0 Å². The lowest BCUT2D eigenvalue weighted by Gasteiger charge is -2.22. The van der Waals surface area contributed by atoms with Crippen LogP contribution in [0.5, 0.6) is 0 Å². The molecule has 1 fully saturated rings. The van der Waals surface area contributed by atoms with E-state index in [4.69, 9.17) is 9.47 Å². The van der Waals surface area contributed by atoms with Crippen molar-refractivity contribution >= 4 is 15.8 Å². The molecule has 0 spiro atoms. The molecule has 0 N–H and O–H groups in total. The van der Waals surface area contributed by atoms with Crippen molar-refractivity contribution in [3.63, 3.8) is 0 Å². The van der Waals surface area contributed by atoms with Gasteiger partial charge in [-0.3, -0.25) is 0 Å². The Labute approximate surface area is 125 Å². The summed E-state index contributed by atoms with van der Waals surface area (Å²) in [5.41, 5.74) is 0.952. The molecule has 1 aliphatic heterocycles. The van der Waals surface area contributed by atoms with Crippen molar-refractivity contribution in [3.05, 3.63) is 35.4 Å². The molecular weight excluding hydrogens is 292 g/mol. The average Bonchev–Trinajstić information content (AvgIpc) is 2.44. The van der Waals surface area contributed by atoms with Crippen molar-refractivity contribution in [2.45, 2.75) is 31.1 Å². The Kier molecular flexibility index (Phi) is 5.36. The summed E-state index contributed by atoms with van der Waals surface area (Å²) >= 11 is 0. The zero-order valence-corrected chi connectivity index (χ0v) is 12.9. The molecule has 0 amide bonds. The normalized spacial score (nSPS) is 19.2. The lowest BCUT2D eigenvalue weighted by molar-refractivity contribution is -0.0300. The number of hydrogen-bond acceptors (Lipinski definition) is 5. The molecule has 0 unspecified atom stereocenters. The second-order valence-electron chi connectivity index (χ2n) is 5.36. The highest BCUT2D eigenvalue weighted by atomic mass is 32.2. The maximum absolute atomic E-state index is 12.0. The Morgan fingerprint density at radius 2 is 2.19 bits per heavy atom. The van der Waals surface area contributed by atoms with E-state index in [0.29, 0.717) is 17.7 Å². The summed E-state index contributed by atoms with van der Waals surface area (Å²) < 4.78 is 33.3. The predicted octanol–water partition coefficient (Wildman–Crippen LogP) is 1.96. The first-order valence-electron chi connectivity index (χ1n) is 6.99. The third-order valence-corrected chi connectivity index (χ3v) is 4.12. The minimum absolute atomic E-state index is 0.0260. The van der Waals surface area contributed by atoms with Crippen LogP contribution in [0.15, 0.2) is 24.3 Å². The molecule has 0 aromatic heterocycles. The third-order valence-electron chi connectivity index (χ3n) is 3.27. The maximum Gasteiger partial charge on any atom is 0.338 e. The fraction of sp³-hybridized carbons (Fsp3) is 0.533. The molecule has 1 aliphatic rings. The summed E-state index contributed by atoms with van der Waals surface area (Å²) in [5, 5.41) is 0. The van der Waals surface area contributed by atoms with Gasteiger partial charge in [-0.25, -0.2) is 13.2 Å². The maximum atomic E-state index is 12.0. The Balaban J connectivity index is 1.94.